The standard InChI is InChI=1S/C27H31ClN6O3/c1-16-13-34-14-18(12-22(28)24(34)29-16)30-25(35)20-7-6-19(21-15-32(5)31-23(20)21)17-8-10-33(11-9-17)26(36)37-27(2,3)4/h6-7,12-15,17H,8-11H2,1-5H3,(H,30,35). The van der Waals surface area contributed by atoms with Gasteiger partial charge >= 0.3 is 6.09 Å². The number of nitrogens with one attached hydrogen (secondary N) is 1. The van der Waals surface area contributed by atoms with Crippen molar-refractivity contribution in [3.63, 3.8) is 0 Å². The van der Waals surface area contributed by atoms with E-state index in [0.717, 1.165) is 29.5 Å². The predicted molar refractivity (Wildman–Crippen MR) is 143 cm³/mol. The summed E-state index contributed by atoms with van der Waals surface area (Å²) in [5, 5.41) is 8.98. The highest BCUT2D eigenvalue weighted by molar-refractivity contribution is 6.33. The fourth-order valence-corrected chi connectivity index (χ4v) is 5.18. The number of hydrogen-bond donors (Lipinski definition) is 1. The van der Waals surface area contributed by atoms with Gasteiger partial charge in [-0.15, -0.1) is 0 Å². The SMILES string of the molecule is Cc1cn2cc(NC(=O)c3ccc(C4CCN(C(=O)OC(C)(C)C)CC4)c4cn(C)nc34)cc(Cl)c2n1. The summed E-state index contributed by atoms with van der Waals surface area (Å²) in [7, 11) is 1.85. The van der Waals surface area contributed by atoms with E-state index in [2.05, 4.69) is 15.4 Å². The summed E-state index contributed by atoms with van der Waals surface area (Å²) < 4.78 is 9.07. The Hall–Kier alpha value is -3.59. The first-order valence-corrected chi connectivity index (χ1v) is 12.8. The molecule has 0 radical (unpaired) electrons. The Morgan fingerprint density at radius 1 is 1.14 bits per heavy atom. The Morgan fingerprint density at radius 2 is 1.86 bits per heavy atom. The Morgan fingerprint density at radius 3 is 2.57 bits per heavy atom. The third-order valence-corrected chi connectivity index (χ3v) is 6.82. The smallest absolute Gasteiger partial charge is 0.410 e. The van der Waals surface area contributed by atoms with Crippen LogP contribution in [0.3, 0.4) is 0 Å². The molecule has 1 saturated heterocycles. The van der Waals surface area contributed by atoms with Crippen molar-refractivity contribution in [3.05, 3.63) is 58.6 Å². The number of ether oxygens (including phenoxy) is 1. The first kappa shape index (κ1) is 25.1. The van der Waals surface area contributed by atoms with Crippen LogP contribution < -0.4 is 5.32 Å². The van der Waals surface area contributed by atoms with Gasteiger partial charge in [-0.25, -0.2) is 9.78 Å². The van der Waals surface area contributed by atoms with Crippen molar-refractivity contribution in [3.8, 4) is 0 Å². The normalized spacial score (nSPS) is 14.9. The van der Waals surface area contributed by atoms with Gasteiger partial charge in [0.1, 0.15) is 11.1 Å². The zero-order valence-corrected chi connectivity index (χ0v) is 22.5. The lowest BCUT2D eigenvalue weighted by atomic mass is 9.87. The van der Waals surface area contributed by atoms with Crippen LogP contribution in [-0.4, -0.2) is 54.8 Å². The number of nitrogens with zero attached hydrogens (tertiary/aromatic N) is 5. The number of likely N-dealkylation sites (tertiary alicyclic amines) is 1. The second kappa shape index (κ2) is 9.37. The summed E-state index contributed by atoms with van der Waals surface area (Å²) in [5.74, 6) is -0.00422. The number of aromatic nitrogens is 4. The molecule has 3 aromatic heterocycles. The van der Waals surface area contributed by atoms with Gasteiger partial charge in [0, 0.05) is 44.1 Å². The van der Waals surface area contributed by atoms with Crippen LogP contribution in [0.5, 0.6) is 0 Å². The highest BCUT2D eigenvalue weighted by atomic mass is 35.5. The van der Waals surface area contributed by atoms with Gasteiger partial charge < -0.3 is 19.4 Å². The molecule has 1 aliphatic heterocycles. The zero-order chi connectivity index (χ0) is 26.5. The number of hydrogen-bond acceptors (Lipinski definition) is 5. The number of rotatable bonds is 3. The average molecular weight is 523 g/mol. The first-order chi connectivity index (χ1) is 17.5. The molecule has 0 saturated carbocycles. The van der Waals surface area contributed by atoms with Crippen molar-refractivity contribution in [2.24, 2.45) is 7.05 Å². The van der Waals surface area contributed by atoms with Crippen molar-refractivity contribution in [2.45, 2.75) is 52.1 Å². The van der Waals surface area contributed by atoms with Crippen molar-refractivity contribution in [2.75, 3.05) is 18.4 Å². The van der Waals surface area contributed by atoms with E-state index in [0.29, 0.717) is 40.5 Å². The molecule has 0 spiro atoms. The molecule has 1 fully saturated rings. The van der Waals surface area contributed by atoms with Gasteiger partial charge in [-0.1, -0.05) is 17.7 Å². The van der Waals surface area contributed by atoms with Gasteiger partial charge in [-0.05, 0) is 64.2 Å². The van der Waals surface area contributed by atoms with Crippen LogP contribution in [0.25, 0.3) is 16.6 Å². The second-order valence-corrected chi connectivity index (χ2v) is 11.1. The number of fused-ring (bicyclic) bond motifs is 2. The summed E-state index contributed by atoms with van der Waals surface area (Å²) >= 11 is 6.39. The van der Waals surface area contributed by atoms with Gasteiger partial charge in [-0.3, -0.25) is 9.48 Å². The van der Waals surface area contributed by atoms with Crippen molar-refractivity contribution >= 4 is 45.8 Å². The molecule has 37 heavy (non-hydrogen) atoms. The van der Waals surface area contributed by atoms with Crippen LogP contribution in [0.4, 0.5) is 10.5 Å². The van der Waals surface area contributed by atoms with Gasteiger partial charge in [0.25, 0.3) is 5.91 Å². The quantitative estimate of drug-likeness (QED) is 0.381. The molecule has 4 heterocycles. The molecule has 9 nitrogen and oxygen atoms in total. The average Bonchev–Trinajstić information content (AvgIpc) is 3.39. The summed E-state index contributed by atoms with van der Waals surface area (Å²) in [5.41, 5.74) is 3.83. The van der Waals surface area contributed by atoms with Crippen LogP contribution >= 0.6 is 11.6 Å². The predicted octanol–water partition coefficient (Wildman–Crippen LogP) is 5.55. The van der Waals surface area contributed by atoms with Crippen LogP contribution in [-0.2, 0) is 11.8 Å². The number of aryl methyl sites for hydroxylation is 2. The third kappa shape index (κ3) is 5.13. The molecule has 0 aliphatic carbocycles. The number of carbonyl (C=O) groups excluding carboxylic acids is 2. The number of benzene rings is 1. The number of anilines is 1. The van der Waals surface area contributed by atoms with Gasteiger partial charge in [0.15, 0.2) is 5.65 Å². The maximum Gasteiger partial charge on any atom is 0.410 e. The molecule has 1 aliphatic rings. The topological polar surface area (TPSA) is 93.8 Å². The van der Waals surface area contributed by atoms with E-state index in [1.54, 1.807) is 26.2 Å². The Labute approximate surface area is 220 Å². The Bertz CT molecular complexity index is 1510. The van der Waals surface area contributed by atoms with E-state index in [9.17, 15) is 9.59 Å². The highest BCUT2D eigenvalue weighted by Crippen LogP contribution is 2.35. The van der Waals surface area contributed by atoms with E-state index in [-0.39, 0.29) is 17.9 Å². The lowest BCUT2D eigenvalue weighted by Crippen LogP contribution is -2.41. The summed E-state index contributed by atoms with van der Waals surface area (Å²) in [4.78, 5) is 32.0. The van der Waals surface area contributed by atoms with E-state index < -0.39 is 5.60 Å². The number of carbonyl (C=O) groups is 2. The molecular formula is C27H31ClN6O3. The molecular weight excluding hydrogens is 492 g/mol. The molecule has 1 aromatic carbocycles. The van der Waals surface area contributed by atoms with Crippen LogP contribution in [0.2, 0.25) is 5.02 Å². The summed E-state index contributed by atoms with van der Waals surface area (Å²) in [6.07, 6.45) is 6.97. The molecule has 0 unspecified atom stereocenters. The lowest BCUT2D eigenvalue weighted by Gasteiger charge is -2.33. The lowest BCUT2D eigenvalue weighted by molar-refractivity contribution is 0.0205. The molecule has 0 atom stereocenters. The van der Waals surface area contributed by atoms with Gasteiger partial charge in [-0.2, -0.15) is 5.10 Å². The summed E-state index contributed by atoms with van der Waals surface area (Å²) in [6.45, 7) is 8.77. The Balaban J connectivity index is 1.37. The first-order valence-electron chi connectivity index (χ1n) is 12.4. The number of halogens is 1. The van der Waals surface area contributed by atoms with Crippen molar-refractivity contribution in [1.82, 2.24) is 24.1 Å². The minimum atomic E-state index is -0.513. The van der Waals surface area contributed by atoms with Crippen LogP contribution in [0.1, 0.15) is 61.1 Å². The highest BCUT2D eigenvalue weighted by Gasteiger charge is 2.29. The molecule has 194 valence electrons. The third-order valence-electron chi connectivity index (χ3n) is 6.54. The number of amides is 2. The fourth-order valence-electron chi connectivity index (χ4n) is 4.93. The van der Waals surface area contributed by atoms with Crippen LogP contribution in [0, 0.1) is 6.92 Å². The molecule has 1 N–H and O–H groups in total. The number of imidazole rings is 1. The van der Waals surface area contributed by atoms with E-state index in [1.165, 1.54) is 0 Å². The minimum Gasteiger partial charge on any atom is -0.444 e. The molecule has 4 aromatic rings. The van der Waals surface area contributed by atoms with Crippen molar-refractivity contribution < 1.29 is 14.3 Å². The number of piperidine rings is 1. The Kier molecular flexibility index (Phi) is 6.35. The molecule has 2 amide bonds. The molecule has 0 bridgehead atoms. The largest absolute Gasteiger partial charge is 0.444 e. The van der Waals surface area contributed by atoms with E-state index in [4.69, 9.17) is 16.3 Å². The molecule has 5 rings (SSSR count). The maximum atomic E-state index is 13.3. The van der Waals surface area contributed by atoms with Crippen LogP contribution in [0.15, 0.2) is 36.8 Å². The maximum absolute atomic E-state index is 13.3. The minimum absolute atomic E-state index is 0.258. The second-order valence-electron chi connectivity index (χ2n) is 10.7. The van der Waals surface area contributed by atoms with Crippen molar-refractivity contribution in [1.29, 1.82) is 0 Å². The van der Waals surface area contributed by atoms with E-state index in [1.807, 2.05) is 59.3 Å². The fraction of sp³-hybridized carbons (Fsp3) is 0.407. The monoisotopic (exact) mass is 522 g/mol. The summed E-state index contributed by atoms with van der Waals surface area (Å²) in [6, 6.07) is 5.55. The number of pyridine rings is 1. The molecule has 10 heteroatoms. The zero-order valence-electron chi connectivity index (χ0n) is 21.7. The van der Waals surface area contributed by atoms with E-state index >= 15 is 0 Å². The van der Waals surface area contributed by atoms with Gasteiger partial charge in [0.2, 0.25) is 0 Å². The van der Waals surface area contributed by atoms with Gasteiger partial charge in [0.05, 0.1) is 22.0 Å².